The number of hydrogen-bond acceptors (Lipinski definition) is 6. The van der Waals surface area contributed by atoms with Crippen molar-refractivity contribution in [1.29, 1.82) is 0 Å². The zero-order valence-corrected chi connectivity index (χ0v) is 12.8. The Balaban J connectivity index is 2.02. The van der Waals surface area contributed by atoms with Crippen LogP contribution in [0.3, 0.4) is 0 Å². The Labute approximate surface area is 131 Å². The molecule has 0 fully saturated rings. The van der Waals surface area contributed by atoms with Crippen molar-refractivity contribution in [3.05, 3.63) is 23.9 Å². The van der Waals surface area contributed by atoms with Gasteiger partial charge in [-0.1, -0.05) is 0 Å². The molecule has 0 saturated carbocycles. The molecule has 0 N–H and O–H groups in total. The molecule has 0 amide bonds. The molecule has 0 saturated heterocycles. The fraction of sp³-hybridized carbons (Fsp3) is 0.312. The van der Waals surface area contributed by atoms with Gasteiger partial charge < -0.3 is 18.8 Å². The van der Waals surface area contributed by atoms with Crippen molar-refractivity contribution in [2.75, 3.05) is 13.9 Å². The van der Waals surface area contributed by atoms with Gasteiger partial charge in [0, 0.05) is 29.8 Å². The van der Waals surface area contributed by atoms with Crippen molar-refractivity contribution in [1.82, 2.24) is 4.57 Å². The van der Waals surface area contributed by atoms with E-state index >= 15 is 0 Å². The second kappa shape index (κ2) is 5.75. The quantitative estimate of drug-likeness (QED) is 0.361. The fourth-order valence-electron chi connectivity index (χ4n) is 2.59. The molecule has 7 nitrogen and oxygen atoms in total. The van der Waals surface area contributed by atoms with Crippen LogP contribution in [0.5, 0.6) is 11.5 Å². The Bertz CT molecular complexity index is 820. The van der Waals surface area contributed by atoms with Crippen molar-refractivity contribution >= 4 is 28.4 Å². The van der Waals surface area contributed by atoms with E-state index in [4.69, 9.17) is 9.47 Å². The molecule has 1 aromatic heterocycles. The van der Waals surface area contributed by atoms with E-state index in [1.807, 2.05) is 11.5 Å². The van der Waals surface area contributed by atoms with Gasteiger partial charge in [0.05, 0.1) is 19.0 Å². The van der Waals surface area contributed by atoms with Gasteiger partial charge in [0.25, 0.3) is 0 Å². The highest BCUT2D eigenvalue weighted by Crippen LogP contribution is 2.38. The molecule has 2 heterocycles. The number of fused-ring (bicyclic) bond motifs is 2. The second-order valence-corrected chi connectivity index (χ2v) is 5.07. The first-order chi connectivity index (χ1) is 11.0. The van der Waals surface area contributed by atoms with Crippen LogP contribution in [0.1, 0.15) is 23.7 Å². The largest absolute Gasteiger partial charge is 0.463 e. The maximum absolute atomic E-state index is 12.4. The highest BCUT2D eigenvalue weighted by molar-refractivity contribution is 6.38. The van der Waals surface area contributed by atoms with Gasteiger partial charge in [-0.25, -0.2) is 4.79 Å². The van der Waals surface area contributed by atoms with E-state index in [2.05, 4.69) is 4.74 Å². The molecule has 0 aliphatic carbocycles. The number of esters is 1. The normalized spacial score (nSPS) is 12.4. The lowest BCUT2D eigenvalue weighted by atomic mass is 10.0. The molecule has 0 unspecified atom stereocenters. The number of Topliss-reactive ketones (excluding diaryl/α,β-unsaturated/α-hetero) is 2. The summed E-state index contributed by atoms with van der Waals surface area (Å²) >= 11 is 0. The number of nitrogens with zero attached hydrogens (tertiary/aromatic N) is 1. The maximum atomic E-state index is 12.4. The lowest BCUT2D eigenvalue weighted by molar-refractivity contribution is -0.151. The molecule has 1 aliphatic rings. The molecule has 2 aromatic rings. The number of ketones is 2. The van der Waals surface area contributed by atoms with E-state index in [-0.39, 0.29) is 6.79 Å². The molecule has 120 valence electrons. The number of carbonyl (C=O) groups is 3. The molecular weight excluding hydrogens is 302 g/mol. The number of aromatic nitrogens is 1. The highest BCUT2D eigenvalue weighted by Gasteiger charge is 2.24. The molecule has 0 atom stereocenters. The number of hydrogen-bond donors (Lipinski definition) is 0. The van der Waals surface area contributed by atoms with Crippen LogP contribution < -0.4 is 9.47 Å². The van der Waals surface area contributed by atoms with Crippen LogP contribution in [0.25, 0.3) is 10.9 Å². The molecule has 1 aliphatic heterocycles. The number of rotatable bonds is 5. The fourth-order valence-corrected chi connectivity index (χ4v) is 2.59. The van der Waals surface area contributed by atoms with Gasteiger partial charge in [-0.05, 0) is 13.0 Å². The first-order valence-electron chi connectivity index (χ1n) is 7.12. The smallest absolute Gasteiger partial charge is 0.374 e. The summed E-state index contributed by atoms with van der Waals surface area (Å²) in [4.78, 5) is 35.2. The molecule has 0 bridgehead atoms. The standard InChI is InChI=1S/C16H15NO6/c1-3-17-7-10(12(18)6-13(19)16(20)21-2)9-4-14-15(5-11(9)17)23-8-22-14/h4-5,7H,3,6,8H2,1-2H3. The summed E-state index contributed by atoms with van der Waals surface area (Å²) in [6.07, 6.45) is 1.15. The van der Waals surface area contributed by atoms with Crippen molar-refractivity contribution < 1.29 is 28.6 Å². The highest BCUT2D eigenvalue weighted by atomic mass is 16.7. The number of carbonyl (C=O) groups excluding carboxylic acids is 3. The number of benzene rings is 1. The average molecular weight is 317 g/mol. The van der Waals surface area contributed by atoms with Crippen LogP contribution in [-0.2, 0) is 20.9 Å². The minimum Gasteiger partial charge on any atom is -0.463 e. The zero-order chi connectivity index (χ0) is 16.6. The molecule has 23 heavy (non-hydrogen) atoms. The van der Waals surface area contributed by atoms with Crippen LogP contribution in [0.4, 0.5) is 0 Å². The SMILES string of the molecule is CCn1cc(C(=O)CC(=O)C(=O)OC)c2cc3c(cc21)OCO3. The summed E-state index contributed by atoms with van der Waals surface area (Å²) in [7, 11) is 1.11. The van der Waals surface area contributed by atoms with Crippen LogP contribution in [-0.4, -0.2) is 36.0 Å². The Morgan fingerprint density at radius 2 is 1.91 bits per heavy atom. The van der Waals surface area contributed by atoms with E-state index in [9.17, 15) is 14.4 Å². The first-order valence-corrected chi connectivity index (χ1v) is 7.12. The number of methoxy groups -OCH3 is 1. The summed E-state index contributed by atoms with van der Waals surface area (Å²) in [5.74, 6) is -1.14. The lowest BCUT2D eigenvalue weighted by Crippen LogP contribution is -2.19. The van der Waals surface area contributed by atoms with Crippen molar-refractivity contribution in [2.24, 2.45) is 0 Å². The van der Waals surface area contributed by atoms with Crippen molar-refractivity contribution in [2.45, 2.75) is 19.9 Å². The van der Waals surface area contributed by atoms with Crippen molar-refractivity contribution in [3.8, 4) is 11.5 Å². The van der Waals surface area contributed by atoms with Gasteiger partial charge in [-0.3, -0.25) is 9.59 Å². The second-order valence-electron chi connectivity index (χ2n) is 5.07. The van der Waals surface area contributed by atoms with Gasteiger partial charge in [0.2, 0.25) is 12.6 Å². The monoisotopic (exact) mass is 317 g/mol. The Hall–Kier alpha value is -2.83. The Morgan fingerprint density at radius 3 is 2.57 bits per heavy atom. The van der Waals surface area contributed by atoms with E-state index in [1.165, 1.54) is 0 Å². The molecule has 3 rings (SSSR count). The summed E-state index contributed by atoms with van der Waals surface area (Å²) in [5, 5.41) is 0.666. The molecule has 0 spiro atoms. The van der Waals surface area contributed by atoms with Crippen LogP contribution >= 0.6 is 0 Å². The van der Waals surface area contributed by atoms with Gasteiger partial charge in [0.1, 0.15) is 0 Å². The van der Waals surface area contributed by atoms with Crippen LogP contribution in [0, 0.1) is 0 Å². The summed E-state index contributed by atoms with van der Waals surface area (Å²) in [6, 6.07) is 3.53. The van der Waals surface area contributed by atoms with E-state index < -0.39 is 24.0 Å². The van der Waals surface area contributed by atoms with Gasteiger partial charge >= 0.3 is 5.97 Å². The van der Waals surface area contributed by atoms with E-state index in [0.29, 0.717) is 29.0 Å². The van der Waals surface area contributed by atoms with Crippen molar-refractivity contribution in [3.63, 3.8) is 0 Å². The zero-order valence-electron chi connectivity index (χ0n) is 12.8. The number of ether oxygens (including phenoxy) is 3. The predicted octanol–water partition coefficient (Wildman–Crippen LogP) is 1.70. The number of aryl methyl sites for hydroxylation is 1. The summed E-state index contributed by atoms with van der Waals surface area (Å²) in [6.45, 7) is 2.73. The Kier molecular flexibility index (Phi) is 3.77. The van der Waals surface area contributed by atoms with Gasteiger partial charge in [0.15, 0.2) is 17.3 Å². The Morgan fingerprint density at radius 1 is 1.22 bits per heavy atom. The predicted molar refractivity (Wildman–Crippen MR) is 79.7 cm³/mol. The molecule has 0 radical (unpaired) electrons. The van der Waals surface area contributed by atoms with Gasteiger partial charge in [-0.2, -0.15) is 0 Å². The maximum Gasteiger partial charge on any atom is 0.374 e. The third-order valence-corrected chi connectivity index (χ3v) is 3.75. The lowest BCUT2D eigenvalue weighted by Gasteiger charge is -2.02. The average Bonchev–Trinajstić information content (AvgIpc) is 3.15. The minimum atomic E-state index is -1.02. The first kappa shape index (κ1) is 15.1. The summed E-state index contributed by atoms with van der Waals surface area (Å²) < 4.78 is 16.9. The molecule has 7 heteroatoms. The van der Waals surface area contributed by atoms with Crippen LogP contribution in [0.15, 0.2) is 18.3 Å². The molecular formula is C16H15NO6. The third kappa shape index (κ3) is 2.54. The minimum absolute atomic E-state index is 0.137. The van der Waals surface area contributed by atoms with E-state index in [1.54, 1.807) is 18.3 Å². The summed E-state index contributed by atoms with van der Waals surface area (Å²) in [5.41, 5.74) is 1.18. The molecule has 1 aromatic carbocycles. The third-order valence-electron chi connectivity index (χ3n) is 3.75. The van der Waals surface area contributed by atoms with Gasteiger partial charge in [-0.15, -0.1) is 0 Å². The topological polar surface area (TPSA) is 83.8 Å². The van der Waals surface area contributed by atoms with Crippen LogP contribution in [0.2, 0.25) is 0 Å². The van der Waals surface area contributed by atoms with E-state index in [0.717, 1.165) is 12.6 Å².